The van der Waals surface area contributed by atoms with Crippen LogP contribution in [0.5, 0.6) is 5.75 Å². The Balaban J connectivity index is 1.79. The van der Waals surface area contributed by atoms with E-state index in [-0.39, 0.29) is 22.4 Å². The largest absolute Gasteiger partial charge is 0.465 e. The zero-order valence-corrected chi connectivity index (χ0v) is 19.7. The van der Waals surface area contributed by atoms with Gasteiger partial charge in [0.2, 0.25) is 0 Å². The maximum atomic E-state index is 13.3. The van der Waals surface area contributed by atoms with Gasteiger partial charge in [0, 0.05) is 56.8 Å². The van der Waals surface area contributed by atoms with E-state index in [0.29, 0.717) is 54.1 Å². The molecule has 1 amide bonds. The first-order valence-corrected chi connectivity index (χ1v) is 11.1. The molecule has 3 aliphatic rings. The lowest BCUT2D eigenvalue weighted by atomic mass is 9.65. The van der Waals surface area contributed by atoms with Gasteiger partial charge < -0.3 is 14.4 Å². The van der Waals surface area contributed by atoms with Gasteiger partial charge >= 0.3 is 6.09 Å². The van der Waals surface area contributed by atoms with Gasteiger partial charge in [-0.25, -0.2) is 4.79 Å². The van der Waals surface area contributed by atoms with Crippen LogP contribution in [0, 0.1) is 10.8 Å². The first-order chi connectivity index (χ1) is 14.9. The van der Waals surface area contributed by atoms with Gasteiger partial charge in [-0.3, -0.25) is 9.59 Å². The molecule has 1 aromatic rings. The van der Waals surface area contributed by atoms with Gasteiger partial charge in [-0.1, -0.05) is 39.8 Å². The highest BCUT2D eigenvalue weighted by molar-refractivity contribution is 6.06. The molecule has 6 nitrogen and oxygen atoms in total. The molecular weight excluding hydrogens is 406 g/mol. The molecule has 0 saturated heterocycles. The van der Waals surface area contributed by atoms with Crippen LogP contribution in [-0.2, 0) is 14.3 Å². The molecule has 1 aliphatic heterocycles. The van der Waals surface area contributed by atoms with Crippen molar-refractivity contribution < 1.29 is 23.9 Å². The third kappa shape index (κ3) is 4.10. The standard InChI is InChI=1S/C26H31NO5/c1-25(2)11-17(28)22-19(13-25)32-20-14-26(3,4)12-18(29)23(20)21(22)15-7-9-16(10-8-15)31-24(30)27(5)6/h7-10,21H,11-14H2,1-6H3. The highest BCUT2D eigenvalue weighted by Crippen LogP contribution is 2.53. The van der Waals surface area contributed by atoms with Crippen molar-refractivity contribution in [2.75, 3.05) is 14.1 Å². The van der Waals surface area contributed by atoms with Gasteiger partial charge in [-0.2, -0.15) is 0 Å². The fraction of sp³-hybridized carbons (Fsp3) is 0.500. The van der Waals surface area contributed by atoms with E-state index in [2.05, 4.69) is 27.7 Å². The summed E-state index contributed by atoms with van der Waals surface area (Å²) in [5, 5.41) is 0. The summed E-state index contributed by atoms with van der Waals surface area (Å²) in [6.07, 6.45) is 1.70. The number of carbonyl (C=O) groups is 3. The van der Waals surface area contributed by atoms with E-state index < -0.39 is 12.0 Å². The molecule has 0 N–H and O–H groups in total. The minimum absolute atomic E-state index is 0.0357. The average Bonchev–Trinajstić information content (AvgIpc) is 2.64. The number of Topliss-reactive ketones (excluding diaryl/α,β-unsaturated/α-hetero) is 2. The van der Waals surface area contributed by atoms with Gasteiger partial charge in [0.1, 0.15) is 17.3 Å². The number of hydrogen-bond acceptors (Lipinski definition) is 5. The number of nitrogens with zero attached hydrogens (tertiary/aromatic N) is 1. The number of hydrogen-bond donors (Lipinski definition) is 0. The lowest BCUT2D eigenvalue weighted by molar-refractivity contribution is -0.120. The minimum Gasteiger partial charge on any atom is -0.465 e. The van der Waals surface area contributed by atoms with Crippen LogP contribution in [0.4, 0.5) is 4.79 Å². The third-order valence-electron chi connectivity index (χ3n) is 6.37. The van der Waals surface area contributed by atoms with Crippen molar-refractivity contribution >= 4 is 17.7 Å². The molecule has 32 heavy (non-hydrogen) atoms. The molecule has 0 aromatic heterocycles. The van der Waals surface area contributed by atoms with Crippen LogP contribution in [-0.4, -0.2) is 36.7 Å². The molecule has 6 heteroatoms. The van der Waals surface area contributed by atoms with E-state index in [1.165, 1.54) is 4.90 Å². The van der Waals surface area contributed by atoms with Crippen LogP contribution < -0.4 is 4.74 Å². The summed E-state index contributed by atoms with van der Waals surface area (Å²) in [6, 6.07) is 7.09. The molecule has 170 valence electrons. The van der Waals surface area contributed by atoms with Crippen molar-refractivity contribution in [3.8, 4) is 5.75 Å². The molecule has 0 unspecified atom stereocenters. The molecule has 2 aliphatic carbocycles. The van der Waals surface area contributed by atoms with Crippen LogP contribution in [0.25, 0.3) is 0 Å². The molecule has 0 atom stereocenters. The Hall–Kier alpha value is -2.89. The second-order valence-electron chi connectivity index (χ2n) is 10.9. The van der Waals surface area contributed by atoms with Crippen LogP contribution in [0.15, 0.2) is 46.9 Å². The van der Waals surface area contributed by atoms with Gasteiger partial charge in [-0.15, -0.1) is 0 Å². The first kappa shape index (κ1) is 22.3. The monoisotopic (exact) mass is 437 g/mol. The van der Waals surface area contributed by atoms with Crippen molar-refractivity contribution in [3.63, 3.8) is 0 Å². The Morgan fingerprint density at radius 3 is 1.78 bits per heavy atom. The fourth-order valence-electron chi connectivity index (χ4n) is 4.93. The van der Waals surface area contributed by atoms with Crippen LogP contribution in [0.3, 0.4) is 0 Å². The molecule has 0 fully saturated rings. The molecule has 0 spiro atoms. The fourth-order valence-corrected chi connectivity index (χ4v) is 4.93. The summed E-state index contributed by atoms with van der Waals surface area (Å²) >= 11 is 0. The summed E-state index contributed by atoms with van der Waals surface area (Å²) in [5.74, 6) is 1.43. The van der Waals surface area contributed by atoms with Crippen LogP contribution in [0.1, 0.15) is 64.9 Å². The Labute approximate surface area is 189 Å². The molecular formula is C26H31NO5. The highest BCUT2D eigenvalue weighted by Gasteiger charge is 2.47. The van der Waals surface area contributed by atoms with E-state index in [0.717, 1.165) is 5.56 Å². The van der Waals surface area contributed by atoms with E-state index in [1.54, 1.807) is 26.2 Å². The molecule has 0 radical (unpaired) electrons. The summed E-state index contributed by atoms with van der Waals surface area (Å²) in [5.41, 5.74) is 1.68. The van der Waals surface area contributed by atoms with Gasteiger partial charge in [-0.05, 0) is 28.5 Å². The number of ketones is 2. The van der Waals surface area contributed by atoms with Crippen molar-refractivity contribution in [2.45, 2.75) is 59.3 Å². The lowest BCUT2D eigenvalue weighted by Gasteiger charge is -2.42. The number of carbonyl (C=O) groups excluding carboxylic acids is 3. The molecule has 0 bridgehead atoms. The zero-order valence-electron chi connectivity index (χ0n) is 19.7. The van der Waals surface area contributed by atoms with E-state index in [9.17, 15) is 14.4 Å². The predicted octanol–water partition coefficient (Wildman–Crippen LogP) is 5.15. The molecule has 1 aromatic carbocycles. The third-order valence-corrected chi connectivity index (χ3v) is 6.37. The second-order valence-corrected chi connectivity index (χ2v) is 10.9. The second kappa shape index (κ2) is 7.61. The summed E-state index contributed by atoms with van der Waals surface area (Å²) in [6.45, 7) is 8.28. The van der Waals surface area contributed by atoms with E-state index in [4.69, 9.17) is 9.47 Å². The number of rotatable bonds is 2. The lowest BCUT2D eigenvalue weighted by Crippen LogP contribution is -2.37. The van der Waals surface area contributed by atoms with Gasteiger partial charge in [0.05, 0.1) is 0 Å². The zero-order chi connectivity index (χ0) is 23.4. The SMILES string of the molecule is CN(C)C(=O)Oc1ccc(C2C3=C(CC(C)(C)CC3=O)OC3=C2C(=O)CC(C)(C)C3)cc1. The predicted molar refractivity (Wildman–Crippen MR) is 120 cm³/mol. The number of allylic oxidation sites excluding steroid dienone is 4. The maximum Gasteiger partial charge on any atom is 0.414 e. The number of amides is 1. The molecule has 1 heterocycles. The Bertz CT molecular complexity index is 1000. The smallest absolute Gasteiger partial charge is 0.414 e. The minimum atomic E-state index is -0.465. The Morgan fingerprint density at radius 2 is 1.34 bits per heavy atom. The van der Waals surface area contributed by atoms with E-state index in [1.807, 2.05) is 12.1 Å². The summed E-state index contributed by atoms with van der Waals surface area (Å²) < 4.78 is 11.6. The summed E-state index contributed by atoms with van der Waals surface area (Å²) in [4.78, 5) is 39.8. The average molecular weight is 438 g/mol. The Morgan fingerprint density at radius 1 is 0.875 bits per heavy atom. The van der Waals surface area contributed by atoms with Crippen molar-refractivity contribution in [3.05, 3.63) is 52.5 Å². The van der Waals surface area contributed by atoms with Crippen molar-refractivity contribution in [2.24, 2.45) is 10.8 Å². The summed E-state index contributed by atoms with van der Waals surface area (Å²) in [7, 11) is 3.24. The Kier molecular flexibility index (Phi) is 5.30. The van der Waals surface area contributed by atoms with Gasteiger partial charge in [0.15, 0.2) is 11.6 Å². The normalized spacial score (nSPS) is 22.2. The quantitative estimate of drug-likeness (QED) is 0.640. The van der Waals surface area contributed by atoms with Crippen LogP contribution >= 0.6 is 0 Å². The maximum absolute atomic E-state index is 13.3. The van der Waals surface area contributed by atoms with E-state index >= 15 is 0 Å². The van der Waals surface area contributed by atoms with Gasteiger partial charge in [0.25, 0.3) is 0 Å². The topological polar surface area (TPSA) is 72.9 Å². The number of ether oxygens (including phenoxy) is 2. The van der Waals surface area contributed by atoms with Crippen molar-refractivity contribution in [1.29, 1.82) is 0 Å². The first-order valence-electron chi connectivity index (χ1n) is 11.1. The van der Waals surface area contributed by atoms with Crippen LogP contribution in [0.2, 0.25) is 0 Å². The van der Waals surface area contributed by atoms with Crippen molar-refractivity contribution in [1.82, 2.24) is 4.90 Å². The number of benzene rings is 1. The molecule has 0 saturated carbocycles. The molecule has 4 rings (SSSR count). The highest BCUT2D eigenvalue weighted by atomic mass is 16.6.